The minimum absolute atomic E-state index is 0.172. The fraction of sp³-hybridized carbons (Fsp3) is 0.875. The van der Waals surface area contributed by atoms with Crippen molar-refractivity contribution in [2.45, 2.75) is 76.8 Å². The molecule has 1 aliphatic carbocycles. The molecule has 2 fully saturated rings. The Labute approximate surface area is 127 Å². The highest BCUT2D eigenvalue weighted by Crippen LogP contribution is 2.27. The van der Waals surface area contributed by atoms with Gasteiger partial charge in [-0.2, -0.15) is 0 Å². The maximum atomic E-state index is 12.5. The maximum Gasteiger partial charge on any atom is 0.326 e. The summed E-state index contributed by atoms with van der Waals surface area (Å²) in [5.41, 5.74) is 0. The SMILES string of the molecule is CCC1CCCCC1NC(=O)N1CCCCCC1C(=O)O. The highest BCUT2D eigenvalue weighted by Gasteiger charge is 2.33. The van der Waals surface area contributed by atoms with Gasteiger partial charge in [0.1, 0.15) is 6.04 Å². The maximum absolute atomic E-state index is 12.5. The van der Waals surface area contributed by atoms with E-state index in [9.17, 15) is 14.7 Å². The molecule has 1 heterocycles. The molecule has 0 bridgehead atoms. The van der Waals surface area contributed by atoms with Crippen LogP contribution in [0, 0.1) is 5.92 Å². The first kappa shape index (κ1) is 16.1. The third kappa shape index (κ3) is 4.11. The number of carbonyl (C=O) groups is 2. The number of likely N-dealkylation sites (tertiary alicyclic amines) is 1. The van der Waals surface area contributed by atoms with Crippen LogP contribution in [0.5, 0.6) is 0 Å². The average Bonchev–Trinajstić information content (AvgIpc) is 2.73. The van der Waals surface area contributed by atoms with Crippen LogP contribution in [-0.2, 0) is 4.79 Å². The van der Waals surface area contributed by atoms with Crippen LogP contribution in [0.25, 0.3) is 0 Å². The highest BCUT2D eigenvalue weighted by atomic mass is 16.4. The molecule has 0 aromatic rings. The summed E-state index contributed by atoms with van der Waals surface area (Å²) in [7, 11) is 0. The number of nitrogens with zero attached hydrogens (tertiary/aromatic N) is 1. The van der Waals surface area contributed by atoms with Gasteiger partial charge in [0.15, 0.2) is 0 Å². The van der Waals surface area contributed by atoms with Crippen molar-refractivity contribution in [1.82, 2.24) is 10.2 Å². The Morgan fingerprint density at radius 2 is 1.81 bits per heavy atom. The number of urea groups is 1. The van der Waals surface area contributed by atoms with Crippen molar-refractivity contribution in [3.8, 4) is 0 Å². The van der Waals surface area contributed by atoms with Crippen LogP contribution in [0.2, 0.25) is 0 Å². The molecule has 5 heteroatoms. The first-order valence-electron chi connectivity index (χ1n) is 8.43. The van der Waals surface area contributed by atoms with Gasteiger partial charge in [0.05, 0.1) is 0 Å². The molecule has 2 aliphatic rings. The number of carboxylic acid groups (broad SMARTS) is 1. The lowest BCUT2D eigenvalue weighted by molar-refractivity contribution is -0.142. The molecule has 1 saturated carbocycles. The van der Waals surface area contributed by atoms with Crippen LogP contribution in [0.1, 0.15) is 64.7 Å². The summed E-state index contributed by atoms with van der Waals surface area (Å²) in [5.74, 6) is -0.333. The molecule has 5 nitrogen and oxygen atoms in total. The van der Waals surface area contributed by atoms with Crippen molar-refractivity contribution >= 4 is 12.0 Å². The van der Waals surface area contributed by atoms with E-state index in [2.05, 4.69) is 12.2 Å². The fourth-order valence-electron chi connectivity index (χ4n) is 3.74. The van der Waals surface area contributed by atoms with Crippen molar-refractivity contribution in [3.05, 3.63) is 0 Å². The van der Waals surface area contributed by atoms with Crippen LogP contribution in [-0.4, -0.2) is 40.6 Å². The minimum atomic E-state index is -0.872. The van der Waals surface area contributed by atoms with Gasteiger partial charge in [-0.15, -0.1) is 0 Å². The molecule has 0 spiro atoms. The number of amides is 2. The van der Waals surface area contributed by atoms with Gasteiger partial charge in [-0.1, -0.05) is 39.0 Å². The standard InChI is InChI=1S/C16H28N2O3/c1-2-12-8-5-6-9-13(12)17-16(21)18-11-7-3-4-10-14(18)15(19)20/h12-14H,2-11H2,1H3,(H,17,21)(H,19,20). The number of carboxylic acids is 1. The molecule has 0 aromatic carbocycles. The molecular weight excluding hydrogens is 268 g/mol. The number of carbonyl (C=O) groups excluding carboxylic acids is 1. The Morgan fingerprint density at radius 3 is 2.52 bits per heavy atom. The van der Waals surface area contributed by atoms with E-state index in [1.165, 1.54) is 12.8 Å². The molecule has 3 atom stereocenters. The molecule has 1 saturated heterocycles. The lowest BCUT2D eigenvalue weighted by Crippen LogP contribution is -2.53. The zero-order chi connectivity index (χ0) is 15.2. The highest BCUT2D eigenvalue weighted by molar-refractivity contribution is 5.82. The van der Waals surface area contributed by atoms with Gasteiger partial charge in [0.25, 0.3) is 0 Å². The lowest BCUT2D eigenvalue weighted by Gasteiger charge is -2.35. The second-order valence-electron chi connectivity index (χ2n) is 6.41. The summed E-state index contributed by atoms with van der Waals surface area (Å²) in [5, 5.41) is 12.5. The quantitative estimate of drug-likeness (QED) is 0.841. The fourth-order valence-corrected chi connectivity index (χ4v) is 3.74. The summed E-state index contributed by atoms with van der Waals surface area (Å²) in [4.78, 5) is 25.5. The van der Waals surface area contributed by atoms with E-state index in [-0.39, 0.29) is 12.1 Å². The number of hydrogen-bond donors (Lipinski definition) is 2. The second kappa shape index (κ2) is 7.66. The van der Waals surface area contributed by atoms with Crippen molar-refractivity contribution < 1.29 is 14.7 Å². The van der Waals surface area contributed by atoms with Crippen molar-refractivity contribution in [2.24, 2.45) is 5.92 Å². The summed E-state index contributed by atoms with van der Waals surface area (Å²) < 4.78 is 0. The van der Waals surface area contributed by atoms with Gasteiger partial charge in [-0.25, -0.2) is 9.59 Å². The van der Waals surface area contributed by atoms with Gasteiger partial charge in [-0.05, 0) is 31.6 Å². The average molecular weight is 296 g/mol. The Morgan fingerprint density at radius 1 is 1.10 bits per heavy atom. The monoisotopic (exact) mass is 296 g/mol. The second-order valence-corrected chi connectivity index (χ2v) is 6.41. The largest absolute Gasteiger partial charge is 0.480 e. The molecule has 2 rings (SSSR count). The van der Waals surface area contributed by atoms with E-state index in [0.29, 0.717) is 18.9 Å². The summed E-state index contributed by atoms with van der Waals surface area (Å²) in [6.07, 6.45) is 9.04. The van der Waals surface area contributed by atoms with E-state index < -0.39 is 12.0 Å². The molecule has 1 aliphatic heterocycles. The van der Waals surface area contributed by atoms with E-state index in [1.807, 2.05) is 0 Å². The van der Waals surface area contributed by atoms with Gasteiger partial charge in [-0.3, -0.25) is 0 Å². The van der Waals surface area contributed by atoms with E-state index in [1.54, 1.807) is 4.90 Å². The number of rotatable bonds is 3. The van der Waals surface area contributed by atoms with Crippen LogP contribution >= 0.6 is 0 Å². The van der Waals surface area contributed by atoms with Crippen LogP contribution in [0.3, 0.4) is 0 Å². The molecular formula is C16H28N2O3. The summed E-state index contributed by atoms with van der Waals surface area (Å²) in [6, 6.07) is -0.611. The lowest BCUT2D eigenvalue weighted by atomic mass is 9.83. The normalized spacial score (nSPS) is 30.5. The molecule has 3 unspecified atom stereocenters. The molecule has 2 N–H and O–H groups in total. The molecule has 2 amide bonds. The van der Waals surface area contributed by atoms with Crippen molar-refractivity contribution in [2.75, 3.05) is 6.54 Å². The van der Waals surface area contributed by atoms with E-state index in [0.717, 1.165) is 38.5 Å². The van der Waals surface area contributed by atoms with E-state index >= 15 is 0 Å². The minimum Gasteiger partial charge on any atom is -0.480 e. The number of aliphatic carboxylic acids is 1. The predicted octanol–water partition coefficient (Wildman–Crippen LogP) is 2.99. The molecule has 120 valence electrons. The van der Waals surface area contributed by atoms with Crippen molar-refractivity contribution in [3.63, 3.8) is 0 Å². The van der Waals surface area contributed by atoms with Crippen molar-refractivity contribution in [1.29, 1.82) is 0 Å². The van der Waals surface area contributed by atoms with E-state index in [4.69, 9.17) is 0 Å². The third-order valence-electron chi connectivity index (χ3n) is 5.04. The molecule has 0 radical (unpaired) electrons. The van der Waals surface area contributed by atoms with Crippen LogP contribution < -0.4 is 5.32 Å². The number of nitrogens with one attached hydrogen (secondary N) is 1. The van der Waals surface area contributed by atoms with Crippen LogP contribution in [0.15, 0.2) is 0 Å². The smallest absolute Gasteiger partial charge is 0.326 e. The zero-order valence-electron chi connectivity index (χ0n) is 13.0. The first-order valence-corrected chi connectivity index (χ1v) is 8.43. The zero-order valence-corrected chi connectivity index (χ0v) is 13.0. The Bertz CT molecular complexity index is 373. The number of hydrogen-bond acceptors (Lipinski definition) is 2. The van der Waals surface area contributed by atoms with Gasteiger partial charge in [0.2, 0.25) is 0 Å². The van der Waals surface area contributed by atoms with Gasteiger partial charge >= 0.3 is 12.0 Å². The third-order valence-corrected chi connectivity index (χ3v) is 5.04. The Hall–Kier alpha value is -1.26. The Balaban J connectivity index is 2.00. The summed E-state index contributed by atoms with van der Waals surface area (Å²) >= 11 is 0. The first-order chi connectivity index (χ1) is 10.1. The Kier molecular flexibility index (Phi) is 5.88. The topological polar surface area (TPSA) is 69.6 Å². The summed E-state index contributed by atoms with van der Waals surface area (Å²) in [6.45, 7) is 2.73. The van der Waals surface area contributed by atoms with Gasteiger partial charge in [0, 0.05) is 12.6 Å². The molecule has 21 heavy (non-hydrogen) atoms. The predicted molar refractivity (Wildman–Crippen MR) is 81.2 cm³/mol. The van der Waals surface area contributed by atoms with Crippen LogP contribution in [0.4, 0.5) is 4.79 Å². The van der Waals surface area contributed by atoms with Gasteiger partial charge < -0.3 is 15.3 Å². The molecule has 0 aromatic heterocycles.